The summed E-state index contributed by atoms with van der Waals surface area (Å²) in [4.78, 5) is 20.4. The van der Waals surface area contributed by atoms with Crippen LogP contribution >= 0.6 is 11.6 Å². The second-order valence-corrected chi connectivity index (χ2v) is 9.46. The smallest absolute Gasteiger partial charge is 0.270 e. The van der Waals surface area contributed by atoms with Gasteiger partial charge in [0.05, 0.1) is 32.5 Å². The minimum atomic E-state index is -4.31. The van der Waals surface area contributed by atoms with Gasteiger partial charge in [-0.05, 0) is 42.5 Å². The van der Waals surface area contributed by atoms with E-state index >= 15 is 0 Å². The molecule has 1 heterocycles. The fourth-order valence-corrected chi connectivity index (χ4v) is 4.67. The number of sulfonamides is 1. The Bertz CT molecular complexity index is 1620. The van der Waals surface area contributed by atoms with E-state index in [-0.39, 0.29) is 22.1 Å². The molecule has 188 valence electrons. The largest absolute Gasteiger partial charge is 0.455 e. The van der Waals surface area contributed by atoms with Crippen LogP contribution in [0.2, 0.25) is 5.02 Å². The maximum Gasteiger partial charge on any atom is 0.270 e. The van der Waals surface area contributed by atoms with E-state index in [0.717, 1.165) is 12.1 Å². The van der Waals surface area contributed by atoms with Gasteiger partial charge in [-0.3, -0.25) is 30.4 Å². The van der Waals surface area contributed by atoms with E-state index in [0.29, 0.717) is 17.1 Å². The number of hydrogen-bond acceptors (Lipinski definition) is 9. The minimum absolute atomic E-state index is 0.0384. The van der Waals surface area contributed by atoms with E-state index in [1.807, 2.05) is 0 Å². The molecule has 0 spiro atoms. The number of nitrogens with zero attached hydrogens (tertiary/aromatic N) is 3. The van der Waals surface area contributed by atoms with Crippen LogP contribution in [-0.4, -0.2) is 24.5 Å². The number of nitro groups is 2. The predicted molar refractivity (Wildman–Crippen MR) is 137 cm³/mol. The lowest BCUT2D eigenvalue weighted by Gasteiger charge is -2.12. The number of rotatable bonds is 9. The van der Waals surface area contributed by atoms with Crippen LogP contribution in [0.25, 0.3) is 11.3 Å². The fourth-order valence-electron chi connectivity index (χ4n) is 3.17. The van der Waals surface area contributed by atoms with Crippen LogP contribution in [-0.2, 0) is 10.0 Å². The Morgan fingerprint density at radius 3 is 2.22 bits per heavy atom. The lowest BCUT2D eigenvalue weighted by atomic mass is 10.1. The molecule has 0 amide bonds. The number of anilines is 2. The molecule has 0 aliphatic heterocycles. The Morgan fingerprint density at radius 1 is 0.865 bits per heavy atom. The number of nitrogens with one attached hydrogen (secondary N) is 2. The number of nitro benzene ring substituents is 2. The highest BCUT2D eigenvalue weighted by atomic mass is 35.5. The molecule has 0 aliphatic carbocycles. The van der Waals surface area contributed by atoms with Gasteiger partial charge < -0.3 is 4.42 Å². The first-order valence-corrected chi connectivity index (χ1v) is 12.2. The highest BCUT2D eigenvalue weighted by Crippen LogP contribution is 2.30. The van der Waals surface area contributed by atoms with Crippen molar-refractivity contribution in [2.24, 2.45) is 5.10 Å². The average molecular weight is 542 g/mol. The van der Waals surface area contributed by atoms with Crippen LogP contribution in [0.5, 0.6) is 0 Å². The van der Waals surface area contributed by atoms with Gasteiger partial charge in [0.15, 0.2) is 0 Å². The summed E-state index contributed by atoms with van der Waals surface area (Å²) in [6.07, 6.45) is 1.27. The van der Waals surface area contributed by atoms with E-state index in [1.54, 1.807) is 24.3 Å². The third-order valence-corrected chi connectivity index (χ3v) is 6.68. The van der Waals surface area contributed by atoms with Crippen molar-refractivity contribution in [3.63, 3.8) is 0 Å². The average Bonchev–Trinajstić information content (AvgIpc) is 3.34. The summed E-state index contributed by atoms with van der Waals surface area (Å²) in [5.74, 6) is 0.722. The minimum Gasteiger partial charge on any atom is -0.455 e. The van der Waals surface area contributed by atoms with Gasteiger partial charge in [-0.15, -0.1) is 0 Å². The predicted octanol–water partition coefficient (Wildman–Crippen LogP) is 5.66. The maximum atomic E-state index is 13.1. The molecule has 4 rings (SSSR count). The molecule has 14 heteroatoms. The number of benzene rings is 3. The molecule has 0 radical (unpaired) electrons. The molecule has 0 fully saturated rings. The van der Waals surface area contributed by atoms with Crippen molar-refractivity contribution in [1.82, 2.24) is 0 Å². The first kappa shape index (κ1) is 25.3. The van der Waals surface area contributed by atoms with Crippen LogP contribution in [0.4, 0.5) is 22.7 Å². The van der Waals surface area contributed by atoms with Crippen molar-refractivity contribution < 1.29 is 22.7 Å². The first-order valence-electron chi connectivity index (χ1n) is 10.3. The Morgan fingerprint density at radius 2 is 1.54 bits per heavy atom. The Hall–Kier alpha value is -4.75. The van der Waals surface area contributed by atoms with Gasteiger partial charge >= 0.3 is 0 Å². The summed E-state index contributed by atoms with van der Waals surface area (Å²) in [7, 11) is -4.31. The Kier molecular flexibility index (Phi) is 7.18. The van der Waals surface area contributed by atoms with Crippen LogP contribution in [0, 0.1) is 20.2 Å². The molecule has 0 bridgehead atoms. The second-order valence-electron chi connectivity index (χ2n) is 7.40. The van der Waals surface area contributed by atoms with E-state index in [9.17, 15) is 28.6 Å². The number of hydrogen-bond donors (Lipinski definition) is 2. The van der Waals surface area contributed by atoms with E-state index in [1.165, 1.54) is 48.7 Å². The molecule has 0 unspecified atom stereocenters. The number of non-ortho nitro benzene ring substituents is 2. The molecule has 0 saturated carbocycles. The highest BCUT2D eigenvalue weighted by Gasteiger charge is 2.23. The molecule has 0 aliphatic rings. The van der Waals surface area contributed by atoms with Gasteiger partial charge in [0.2, 0.25) is 0 Å². The van der Waals surface area contributed by atoms with Gasteiger partial charge in [-0.2, -0.15) is 5.10 Å². The molecule has 3 aromatic carbocycles. The standard InChI is InChI=1S/C23H16ClN5O7S/c24-19-3-1-2-4-20(19)27-37(34,35)23-13-17(29(32)33)9-11-21(23)26-25-14-18-10-12-22(36-18)15-5-7-16(8-6-15)28(30)31/h1-14,26-27H/b25-14-. The summed E-state index contributed by atoms with van der Waals surface area (Å²) in [5, 5.41) is 26.2. The van der Waals surface area contributed by atoms with Crippen LogP contribution in [0.15, 0.2) is 93.3 Å². The molecule has 0 saturated heterocycles. The molecule has 2 N–H and O–H groups in total. The quantitative estimate of drug-likeness (QED) is 0.155. The van der Waals surface area contributed by atoms with Crippen LogP contribution in [0.1, 0.15) is 5.76 Å². The normalized spacial score (nSPS) is 11.4. The van der Waals surface area contributed by atoms with Gasteiger partial charge in [0.1, 0.15) is 16.4 Å². The van der Waals surface area contributed by atoms with Crippen molar-refractivity contribution >= 4 is 50.6 Å². The van der Waals surface area contributed by atoms with Crippen LogP contribution in [0.3, 0.4) is 0 Å². The molecule has 1 aromatic heterocycles. The van der Waals surface area contributed by atoms with Gasteiger partial charge in [0.25, 0.3) is 21.4 Å². The molecule has 37 heavy (non-hydrogen) atoms. The second kappa shape index (κ2) is 10.5. The topological polar surface area (TPSA) is 170 Å². The first-order chi connectivity index (χ1) is 17.6. The van der Waals surface area contributed by atoms with E-state index in [4.69, 9.17) is 16.0 Å². The van der Waals surface area contributed by atoms with Crippen LogP contribution < -0.4 is 10.1 Å². The lowest BCUT2D eigenvalue weighted by Crippen LogP contribution is -2.15. The summed E-state index contributed by atoms with van der Waals surface area (Å²) in [6.45, 7) is 0. The van der Waals surface area contributed by atoms with Crippen molar-refractivity contribution in [3.05, 3.63) is 110 Å². The Balaban J connectivity index is 1.57. The zero-order valence-electron chi connectivity index (χ0n) is 18.6. The third-order valence-electron chi connectivity index (χ3n) is 4.95. The van der Waals surface area contributed by atoms with Gasteiger partial charge in [-0.25, -0.2) is 8.42 Å². The summed E-state index contributed by atoms with van der Waals surface area (Å²) < 4.78 is 34.1. The molecule has 12 nitrogen and oxygen atoms in total. The lowest BCUT2D eigenvalue weighted by molar-refractivity contribution is -0.385. The number of para-hydroxylation sites is 1. The highest BCUT2D eigenvalue weighted by molar-refractivity contribution is 7.93. The molecule has 0 atom stereocenters. The number of halogens is 1. The monoisotopic (exact) mass is 541 g/mol. The van der Waals surface area contributed by atoms with E-state index in [2.05, 4.69) is 15.2 Å². The van der Waals surface area contributed by atoms with Crippen molar-refractivity contribution in [2.45, 2.75) is 4.90 Å². The fraction of sp³-hybridized carbons (Fsp3) is 0. The number of furan rings is 1. The maximum absolute atomic E-state index is 13.1. The van der Waals surface area contributed by atoms with Crippen molar-refractivity contribution in [1.29, 1.82) is 0 Å². The third kappa shape index (κ3) is 5.91. The SMILES string of the molecule is O=[N+]([O-])c1ccc(-c2ccc(/C=N\Nc3ccc([N+](=O)[O-])cc3S(=O)(=O)Nc3ccccc3Cl)o2)cc1. The number of hydrazone groups is 1. The molecular formula is C23H16ClN5O7S. The summed E-state index contributed by atoms with van der Waals surface area (Å²) in [5.41, 5.74) is 2.73. The van der Waals surface area contributed by atoms with Crippen molar-refractivity contribution in [3.8, 4) is 11.3 Å². The van der Waals surface area contributed by atoms with E-state index < -0.39 is 30.5 Å². The molecule has 4 aromatic rings. The molecular weight excluding hydrogens is 526 g/mol. The zero-order chi connectivity index (χ0) is 26.6. The summed E-state index contributed by atoms with van der Waals surface area (Å²) >= 11 is 6.04. The summed E-state index contributed by atoms with van der Waals surface area (Å²) in [6, 6.07) is 18.4. The Labute approximate surface area is 214 Å². The van der Waals surface area contributed by atoms with Gasteiger partial charge in [0, 0.05) is 29.8 Å². The van der Waals surface area contributed by atoms with Gasteiger partial charge in [-0.1, -0.05) is 23.7 Å². The zero-order valence-corrected chi connectivity index (χ0v) is 20.1. The van der Waals surface area contributed by atoms with Crippen molar-refractivity contribution in [2.75, 3.05) is 10.1 Å².